The van der Waals surface area contributed by atoms with Crippen LogP contribution < -0.4 is 5.32 Å². The summed E-state index contributed by atoms with van der Waals surface area (Å²) in [6, 6.07) is 0. The number of ether oxygens (including phenoxy) is 2. The van der Waals surface area contributed by atoms with Gasteiger partial charge in [0.15, 0.2) is 0 Å². The predicted molar refractivity (Wildman–Crippen MR) is 29.4 cm³/mol. The molecule has 3 heteroatoms. The Balaban J connectivity index is 2.20. The first-order chi connectivity index (χ1) is 3.83. The number of hydrogen-bond donors (Lipinski definition) is 1. The van der Waals surface area contributed by atoms with Crippen LogP contribution in [-0.2, 0) is 9.47 Å². The summed E-state index contributed by atoms with van der Waals surface area (Å²) in [4.78, 5) is 0. The van der Waals surface area contributed by atoms with Crippen LogP contribution in [0.1, 0.15) is 6.92 Å². The zero-order valence-corrected chi connectivity index (χ0v) is 5.23. The largest absolute Gasteiger partial charge is 0.336 e. The molecule has 1 N–H and O–H groups in total. The maximum atomic E-state index is 5.16. The van der Waals surface area contributed by atoms with Crippen LogP contribution in [0.25, 0.3) is 0 Å². The monoisotopic (exact) mass is 117 g/mol. The second-order valence-corrected chi connectivity index (χ2v) is 1.72. The molecule has 1 aliphatic heterocycles. The van der Waals surface area contributed by atoms with E-state index in [0.29, 0.717) is 13.2 Å². The molecule has 0 aromatic carbocycles. The second-order valence-electron chi connectivity index (χ2n) is 1.72. The zero-order chi connectivity index (χ0) is 6.04. The van der Waals surface area contributed by atoms with E-state index in [1.54, 1.807) is 0 Å². The van der Waals surface area contributed by atoms with Crippen molar-refractivity contribution in [1.82, 2.24) is 5.32 Å². The maximum absolute atomic E-state index is 5.16. The van der Waals surface area contributed by atoms with Gasteiger partial charge in [0.2, 0.25) is 0 Å². The standard InChI is InChI=1S/C5H11NO2/c1-3-7-5(6-2)4-8-5/h6H,3-4H2,1-2H3. The van der Waals surface area contributed by atoms with E-state index in [9.17, 15) is 0 Å². The third-order valence-corrected chi connectivity index (χ3v) is 1.16. The van der Waals surface area contributed by atoms with E-state index in [1.165, 1.54) is 0 Å². The van der Waals surface area contributed by atoms with E-state index in [4.69, 9.17) is 9.47 Å². The van der Waals surface area contributed by atoms with Crippen molar-refractivity contribution in [2.75, 3.05) is 20.3 Å². The summed E-state index contributed by atoms with van der Waals surface area (Å²) in [5.41, 5.74) is 0. The van der Waals surface area contributed by atoms with E-state index < -0.39 is 5.91 Å². The van der Waals surface area contributed by atoms with E-state index in [1.807, 2.05) is 14.0 Å². The van der Waals surface area contributed by atoms with Crippen molar-refractivity contribution in [3.05, 3.63) is 0 Å². The summed E-state index contributed by atoms with van der Waals surface area (Å²) >= 11 is 0. The molecule has 8 heavy (non-hydrogen) atoms. The Morgan fingerprint density at radius 2 is 2.50 bits per heavy atom. The molecular weight excluding hydrogens is 106 g/mol. The number of nitrogens with one attached hydrogen (secondary N) is 1. The maximum Gasteiger partial charge on any atom is 0.252 e. The highest BCUT2D eigenvalue weighted by atomic mass is 16.8. The van der Waals surface area contributed by atoms with Gasteiger partial charge in [0, 0.05) is 6.61 Å². The van der Waals surface area contributed by atoms with Crippen molar-refractivity contribution >= 4 is 0 Å². The first kappa shape index (κ1) is 6.01. The van der Waals surface area contributed by atoms with Gasteiger partial charge in [-0.25, -0.2) is 0 Å². The summed E-state index contributed by atoms with van der Waals surface area (Å²) < 4.78 is 10.1. The predicted octanol–water partition coefficient (Wildman–Crippen LogP) is -0.0737. The molecule has 0 aromatic heterocycles. The number of hydrogen-bond acceptors (Lipinski definition) is 3. The Labute approximate surface area is 49.0 Å². The van der Waals surface area contributed by atoms with Crippen molar-refractivity contribution in [2.45, 2.75) is 12.8 Å². The summed E-state index contributed by atoms with van der Waals surface area (Å²) in [6.07, 6.45) is 0. The second kappa shape index (κ2) is 2.01. The lowest BCUT2D eigenvalue weighted by atomic mass is 10.6. The Bertz CT molecular complexity index is 80.5. The lowest BCUT2D eigenvalue weighted by Crippen LogP contribution is -2.32. The fraction of sp³-hybridized carbons (Fsp3) is 1.00. The van der Waals surface area contributed by atoms with Crippen LogP contribution in [0.5, 0.6) is 0 Å². The van der Waals surface area contributed by atoms with Gasteiger partial charge in [-0.3, -0.25) is 5.32 Å². The van der Waals surface area contributed by atoms with Crippen LogP contribution in [-0.4, -0.2) is 26.2 Å². The molecule has 0 aromatic rings. The molecule has 1 aliphatic rings. The molecule has 0 amide bonds. The molecule has 48 valence electrons. The van der Waals surface area contributed by atoms with Gasteiger partial charge >= 0.3 is 0 Å². The highest BCUT2D eigenvalue weighted by molar-refractivity contribution is 4.76. The molecule has 0 bridgehead atoms. The van der Waals surface area contributed by atoms with Gasteiger partial charge in [-0.05, 0) is 14.0 Å². The summed E-state index contributed by atoms with van der Waals surface area (Å²) in [5, 5.41) is 2.91. The fourth-order valence-corrected chi connectivity index (χ4v) is 0.599. The topological polar surface area (TPSA) is 33.8 Å². The van der Waals surface area contributed by atoms with Gasteiger partial charge in [0.1, 0.15) is 6.61 Å². The molecule has 0 spiro atoms. The summed E-state index contributed by atoms with van der Waals surface area (Å²) in [7, 11) is 1.82. The molecule has 1 atom stereocenters. The van der Waals surface area contributed by atoms with Gasteiger partial charge in [-0.1, -0.05) is 0 Å². The van der Waals surface area contributed by atoms with Gasteiger partial charge in [-0.2, -0.15) is 0 Å². The van der Waals surface area contributed by atoms with E-state index in [-0.39, 0.29) is 0 Å². The van der Waals surface area contributed by atoms with Crippen molar-refractivity contribution in [3.63, 3.8) is 0 Å². The molecule has 1 saturated heterocycles. The molecule has 3 nitrogen and oxygen atoms in total. The van der Waals surface area contributed by atoms with Gasteiger partial charge in [-0.15, -0.1) is 0 Å². The lowest BCUT2D eigenvalue weighted by molar-refractivity contribution is -0.0562. The van der Waals surface area contributed by atoms with Crippen LogP contribution in [0.4, 0.5) is 0 Å². The highest BCUT2D eigenvalue weighted by Gasteiger charge is 2.44. The highest BCUT2D eigenvalue weighted by Crippen LogP contribution is 2.23. The normalized spacial score (nSPS) is 35.2. The Hall–Kier alpha value is -0.120. The SMILES string of the molecule is CCOC1(NC)CO1. The van der Waals surface area contributed by atoms with Crippen LogP contribution in [0.2, 0.25) is 0 Å². The number of epoxide rings is 1. The summed E-state index contributed by atoms with van der Waals surface area (Å²) in [5.74, 6) is -0.408. The van der Waals surface area contributed by atoms with Gasteiger partial charge < -0.3 is 9.47 Å². The molecule has 0 saturated carbocycles. The van der Waals surface area contributed by atoms with Crippen LogP contribution in [0.15, 0.2) is 0 Å². The Morgan fingerprint density at radius 1 is 1.88 bits per heavy atom. The first-order valence-corrected chi connectivity index (χ1v) is 2.80. The quantitative estimate of drug-likeness (QED) is 0.415. The number of likely N-dealkylation sites (N-methyl/N-ethyl adjacent to an activating group) is 1. The third-order valence-electron chi connectivity index (χ3n) is 1.16. The molecule has 1 heterocycles. The van der Waals surface area contributed by atoms with Crippen molar-refractivity contribution in [3.8, 4) is 0 Å². The minimum atomic E-state index is -0.408. The van der Waals surface area contributed by atoms with Crippen molar-refractivity contribution < 1.29 is 9.47 Å². The van der Waals surface area contributed by atoms with Crippen molar-refractivity contribution in [1.29, 1.82) is 0 Å². The fourth-order valence-electron chi connectivity index (χ4n) is 0.599. The van der Waals surface area contributed by atoms with Crippen molar-refractivity contribution in [2.24, 2.45) is 0 Å². The number of rotatable bonds is 3. The minimum Gasteiger partial charge on any atom is -0.336 e. The smallest absolute Gasteiger partial charge is 0.252 e. The van der Waals surface area contributed by atoms with Crippen LogP contribution in [0, 0.1) is 0 Å². The van der Waals surface area contributed by atoms with Crippen LogP contribution >= 0.6 is 0 Å². The molecule has 1 unspecified atom stereocenters. The molecule has 1 rings (SSSR count). The third kappa shape index (κ3) is 0.992. The first-order valence-electron chi connectivity index (χ1n) is 2.80. The Kier molecular flexibility index (Phi) is 1.51. The molecule has 1 fully saturated rings. The van der Waals surface area contributed by atoms with E-state index >= 15 is 0 Å². The lowest BCUT2D eigenvalue weighted by Gasteiger charge is -2.07. The molecular formula is C5H11NO2. The van der Waals surface area contributed by atoms with E-state index in [2.05, 4.69) is 5.32 Å². The van der Waals surface area contributed by atoms with E-state index in [0.717, 1.165) is 0 Å². The summed E-state index contributed by atoms with van der Waals surface area (Å²) in [6.45, 7) is 3.32. The minimum absolute atomic E-state index is 0.408. The molecule has 0 radical (unpaired) electrons. The van der Waals surface area contributed by atoms with Gasteiger partial charge in [0.25, 0.3) is 5.91 Å². The van der Waals surface area contributed by atoms with Gasteiger partial charge in [0.05, 0.1) is 0 Å². The van der Waals surface area contributed by atoms with Crippen LogP contribution in [0.3, 0.4) is 0 Å². The Morgan fingerprint density at radius 3 is 2.62 bits per heavy atom. The average Bonchev–Trinajstić information content (AvgIpc) is 2.50. The molecule has 0 aliphatic carbocycles. The zero-order valence-electron chi connectivity index (χ0n) is 5.23. The average molecular weight is 117 g/mol.